The van der Waals surface area contributed by atoms with Gasteiger partial charge in [0, 0.05) is 11.0 Å². The Bertz CT molecular complexity index is 729. The molecule has 0 bridgehead atoms. The molecule has 6 heteroatoms. The number of halogens is 2. The fourth-order valence-electron chi connectivity index (χ4n) is 2.36. The first-order valence-electron chi connectivity index (χ1n) is 6.52. The molecule has 0 saturated carbocycles. The van der Waals surface area contributed by atoms with Crippen molar-refractivity contribution in [1.29, 1.82) is 0 Å². The largest absolute Gasteiger partial charge is 0.503 e. The molecule has 0 aliphatic heterocycles. The fourth-order valence-corrected chi connectivity index (χ4v) is 3.58. The number of carbonyl (C=O) groups is 1. The lowest BCUT2D eigenvalue weighted by Crippen LogP contribution is -2.29. The standard InChI is InChI=1S/C15H13F2NO2S/c1-15(2)4-3-10-12(13(15)20)21-14(18-10)7-5-8(16)11(19)9(17)6-7/h5-6,19H,3-4H2,1-2H3. The van der Waals surface area contributed by atoms with Gasteiger partial charge in [-0.3, -0.25) is 4.79 Å². The van der Waals surface area contributed by atoms with Crippen molar-refractivity contribution in [2.45, 2.75) is 26.7 Å². The smallest absolute Gasteiger partial charge is 0.187 e. The van der Waals surface area contributed by atoms with E-state index in [1.165, 1.54) is 0 Å². The van der Waals surface area contributed by atoms with Gasteiger partial charge in [-0.2, -0.15) is 0 Å². The van der Waals surface area contributed by atoms with Crippen molar-refractivity contribution in [2.24, 2.45) is 5.41 Å². The zero-order valence-corrected chi connectivity index (χ0v) is 12.4. The zero-order chi connectivity index (χ0) is 15.4. The molecule has 0 spiro atoms. The van der Waals surface area contributed by atoms with E-state index in [1.54, 1.807) is 0 Å². The Kier molecular flexibility index (Phi) is 3.09. The molecule has 110 valence electrons. The van der Waals surface area contributed by atoms with Crippen LogP contribution in [0.1, 0.15) is 35.6 Å². The number of nitrogens with zero attached hydrogens (tertiary/aromatic N) is 1. The molecule has 1 N–H and O–H groups in total. The van der Waals surface area contributed by atoms with E-state index in [0.717, 1.165) is 23.5 Å². The predicted octanol–water partition coefficient (Wildman–Crippen LogP) is 3.95. The molecule has 0 atom stereocenters. The molecule has 0 fully saturated rings. The quantitative estimate of drug-likeness (QED) is 0.868. The second-order valence-electron chi connectivity index (χ2n) is 5.80. The summed E-state index contributed by atoms with van der Waals surface area (Å²) in [6, 6.07) is 2.05. The van der Waals surface area contributed by atoms with E-state index in [4.69, 9.17) is 5.11 Å². The van der Waals surface area contributed by atoms with Crippen LogP contribution in [0.15, 0.2) is 12.1 Å². The highest BCUT2D eigenvalue weighted by Gasteiger charge is 2.36. The minimum Gasteiger partial charge on any atom is -0.503 e. The number of Topliss-reactive ketones (excluding diaryl/α,β-unsaturated/α-hetero) is 1. The van der Waals surface area contributed by atoms with E-state index in [9.17, 15) is 13.6 Å². The van der Waals surface area contributed by atoms with Gasteiger partial charge in [-0.25, -0.2) is 13.8 Å². The maximum absolute atomic E-state index is 13.4. The molecule has 0 unspecified atom stereocenters. The van der Waals surface area contributed by atoms with Crippen LogP contribution in [-0.2, 0) is 6.42 Å². The number of aromatic nitrogens is 1. The topological polar surface area (TPSA) is 50.2 Å². The van der Waals surface area contributed by atoms with Gasteiger partial charge in [0.1, 0.15) is 5.01 Å². The van der Waals surface area contributed by atoms with E-state index in [2.05, 4.69) is 4.98 Å². The predicted molar refractivity (Wildman–Crippen MR) is 75.6 cm³/mol. The number of aromatic hydroxyl groups is 1. The van der Waals surface area contributed by atoms with Crippen LogP contribution in [0.4, 0.5) is 8.78 Å². The van der Waals surface area contributed by atoms with Crippen LogP contribution >= 0.6 is 11.3 Å². The summed E-state index contributed by atoms with van der Waals surface area (Å²) in [7, 11) is 0. The Balaban J connectivity index is 2.09. The molecule has 3 nitrogen and oxygen atoms in total. The highest BCUT2D eigenvalue weighted by atomic mass is 32.1. The van der Waals surface area contributed by atoms with Crippen LogP contribution in [0.2, 0.25) is 0 Å². The minimum absolute atomic E-state index is 0.0206. The molecule has 0 radical (unpaired) electrons. The SMILES string of the molecule is CC1(C)CCc2nc(-c3cc(F)c(O)c(F)c3)sc2C1=O. The lowest BCUT2D eigenvalue weighted by Gasteiger charge is -2.26. The first-order valence-corrected chi connectivity index (χ1v) is 7.34. The summed E-state index contributed by atoms with van der Waals surface area (Å²) in [5.74, 6) is -3.06. The van der Waals surface area contributed by atoms with Crippen LogP contribution in [0.5, 0.6) is 5.75 Å². The Morgan fingerprint density at radius 1 is 1.29 bits per heavy atom. The third-order valence-corrected chi connectivity index (χ3v) is 4.91. The molecule has 1 aromatic heterocycles. The van der Waals surface area contributed by atoms with Gasteiger partial charge in [-0.1, -0.05) is 13.8 Å². The highest BCUT2D eigenvalue weighted by Crippen LogP contribution is 2.40. The van der Waals surface area contributed by atoms with E-state index < -0.39 is 22.8 Å². The van der Waals surface area contributed by atoms with Crippen molar-refractivity contribution in [3.63, 3.8) is 0 Å². The Labute approximate surface area is 124 Å². The number of phenols is 1. The first kappa shape index (κ1) is 14.1. The van der Waals surface area contributed by atoms with Crippen molar-refractivity contribution in [3.05, 3.63) is 34.3 Å². The summed E-state index contributed by atoms with van der Waals surface area (Å²) < 4.78 is 26.9. The van der Waals surface area contributed by atoms with Gasteiger partial charge in [-0.15, -0.1) is 11.3 Å². The normalized spacial score (nSPS) is 16.9. The Hall–Kier alpha value is -1.82. The van der Waals surface area contributed by atoms with Crippen molar-refractivity contribution < 1.29 is 18.7 Å². The average Bonchev–Trinajstić information content (AvgIpc) is 2.85. The number of hydrogen-bond acceptors (Lipinski definition) is 4. The van der Waals surface area contributed by atoms with Crippen molar-refractivity contribution in [3.8, 4) is 16.3 Å². The molecular weight excluding hydrogens is 296 g/mol. The van der Waals surface area contributed by atoms with Gasteiger partial charge in [0.25, 0.3) is 0 Å². The van der Waals surface area contributed by atoms with Gasteiger partial charge in [-0.05, 0) is 25.0 Å². The number of hydrogen-bond donors (Lipinski definition) is 1. The average molecular weight is 309 g/mol. The summed E-state index contributed by atoms with van der Waals surface area (Å²) in [5.41, 5.74) is 0.489. The third kappa shape index (κ3) is 2.23. The van der Waals surface area contributed by atoms with E-state index in [1.807, 2.05) is 13.8 Å². The summed E-state index contributed by atoms with van der Waals surface area (Å²) >= 11 is 1.15. The third-order valence-electron chi connectivity index (χ3n) is 3.77. The molecule has 1 heterocycles. The molecule has 1 aliphatic carbocycles. The zero-order valence-electron chi connectivity index (χ0n) is 11.5. The van der Waals surface area contributed by atoms with Crippen molar-refractivity contribution >= 4 is 17.1 Å². The molecule has 21 heavy (non-hydrogen) atoms. The number of ketones is 1. The van der Waals surface area contributed by atoms with Crippen LogP contribution in [0.3, 0.4) is 0 Å². The molecule has 0 saturated heterocycles. The number of phenolic OH excluding ortho intramolecular Hbond substituents is 1. The van der Waals surface area contributed by atoms with E-state index in [0.29, 0.717) is 28.4 Å². The summed E-state index contributed by atoms with van der Waals surface area (Å²) in [6.07, 6.45) is 1.38. The van der Waals surface area contributed by atoms with Gasteiger partial charge in [0.05, 0.1) is 10.6 Å². The number of thiazole rings is 1. The summed E-state index contributed by atoms with van der Waals surface area (Å²) in [5, 5.41) is 9.52. The number of carbonyl (C=O) groups excluding carboxylic acids is 1. The fraction of sp³-hybridized carbons (Fsp3) is 0.333. The molecule has 0 amide bonds. The van der Waals surface area contributed by atoms with E-state index in [-0.39, 0.29) is 11.3 Å². The second-order valence-corrected chi connectivity index (χ2v) is 6.80. The number of aryl methyl sites for hydroxylation is 1. The summed E-state index contributed by atoms with van der Waals surface area (Å²) in [6.45, 7) is 3.77. The molecule has 1 aromatic carbocycles. The lowest BCUT2D eigenvalue weighted by atomic mass is 9.78. The molecular formula is C15H13F2NO2S. The van der Waals surface area contributed by atoms with E-state index >= 15 is 0 Å². The molecule has 2 aromatic rings. The van der Waals surface area contributed by atoms with Gasteiger partial charge in [0.2, 0.25) is 0 Å². The Morgan fingerprint density at radius 3 is 2.52 bits per heavy atom. The van der Waals surface area contributed by atoms with Gasteiger partial charge < -0.3 is 5.11 Å². The monoisotopic (exact) mass is 309 g/mol. The van der Waals surface area contributed by atoms with Crippen molar-refractivity contribution in [2.75, 3.05) is 0 Å². The maximum atomic E-state index is 13.4. The molecule has 1 aliphatic rings. The number of fused-ring (bicyclic) bond motifs is 1. The molecule has 3 rings (SSSR count). The number of rotatable bonds is 1. The van der Waals surface area contributed by atoms with Gasteiger partial charge in [0.15, 0.2) is 23.2 Å². The second kappa shape index (κ2) is 4.59. The Morgan fingerprint density at radius 2 is 1.90 bits per heavy atom. The van der Waals surface area contributed by atoms with Gasteiger partial charge >= 0.3 is 0 Å². The van der Waals surface area contributed by atoms with Crippen LogP contribution in [0.25, 0.3) is 10.6 Å². The maximum Gasteiger partial charge on any atom is 0.187 e. The summed E-state index contributed by atoms with van der Waals surface area (Å²) in [4.78, 5) is 17.2. The lowest BCUT2D eigenvalue weighted by molar-refractivity contribution is 0.0815. The van der Waals surface area contributed by atoms with Crippen LogP contribution < -0.4 is 0 Å². The van der Waals surface area contributed by atoms with Crippen molar-refractivity contribution in [1.82, 2.24) is 4.98 Å². The minimum atomic E-state index is -1.04. The highest BCUT2D eigenvalue weighted by molar-refractivity contribution is 7.17. The van der Waals surface area contributed by atoms with Crippen LogP contribution in [-0.4, -0.2) is 15.9 Å². The number of benzene rings is 1. The van der Waals surface area contributed by atoms with Crippen LogP contribution in [0, 0.1) is 17.0 Å². The first-order chi connectivity index (χ1) is 9.79.